The van der Waals surface area contributed by atoms with Crippen LogP contribution in [0.1, 0.15) is 18.9 Å². The van der Waals surface area contributed by atoms with Crippen molar-refractivity contribution in [2.24, 2.45) is 0 Å². The summed E-state index contributed by atoms with van der Waals surface area (Å²) in [7, 11) is 0. The summed E-state index contributed by atoms with van der Waals surface area (Å²) >= 11 is 0. The molecule has 1 aliphatic heterocycles. The van der Waals surface area contributed by atoms with Gasteiger partial charge in [-0.05, 0) is 48.9 Å². The van der Waals surface area contributed by atoms with Crippen molar-refractivity contribution in [1.29, 1.82) is 0 Å². The highest BCUT2D eigenvalue weighted by Gasteiger charge is 2.23. The molecule has 0 unspecified atom stereocenters. The highest BCUT2D eigenvalue weighted by atomic mass is 16.2. The van der Waals surface area contributed by atoms with Crippen molar-refractivity contribution in [3.05, 3.63) is 54.1 Å². The lowest BCUT2D eigenvalue weighted by Crippen LogP contribution is -2.49. The van der Waals surface area contributed by atoms with Crippen LogP contribution in [0, 0.1) is 6.92 Å². The van der Waals surface area contributed by atoms with Gasteiger partial charge in [0.15, 0.2) is 0 Å². The summed E-state index contributed by atoms with van der Waals surface area (Å²) in [6.07, 6.45) is -0.183. The fraction of sp³-hybridized carbons (Fsp3) is 0.318. The number of carbonyl (C=O) groups excluding carboxylic acids is 3. The van der Waals surface area contributed by atoms with Crippen molar-refractivity contribution >= 4 is 34.8 Å². The maximum absolute atomic E-state index is 12.5. The molecule has 0 radical (unpaired) electrons. The fourth-order valence-electron chi connectivity index (χ4n) is 3.33. The zero-order valence-electron chi connectivity index (χ0n) is 16.8. The van der Waals surface area contributed by atoms with E-state index in [-0.39, 0.29) is 24.1 Å². The lowest BCUT2D eigenvalue weighted by atomic mass is 10.2. The van der Waals surface area contributed by atoms with E-state index in [9.17, 15) is 14.4 Å². The molecule has 0 aliphatic carbocycles. The van der Waals surface area contributed by atoms with Crippen LogP contribution >= 0.6 is 0 Å². The van der Waals surface area contributed by atoms with Gasteiger partial charge in [0.2, 0.25) is 17.7 Å². The lowest BCUT2D eigenvalue weighted by Gasteiger charge is -2.36. The summed E-state index contributed by atoms with van der Waals surface area (Å²) < 4.78 is 0. The van der Waals surface area contributed by atoms with Crippen molar-refractivity contribution in [2.75, 3.05) is 41.7 Å². The second-order valence-corrected chi connectivity index (χ2v) is 7.19. The van der Waals surface area contributed by atoms with E-state index in [1.807, 2.05) is 6.07 Å². The predicted molar refractivity (Wildman–Crippen MR) is 114 cm³/mol. The Morgan fingerprint density at radius 3 is 2.10 bits per heavy atom. The maximum atomic E-state index is 12.5. The molecule has 0 saturated carbocycles. The molecule has 3 rings (SSSR count). The van der Waals surface area contributed by atoms with Crippen LogP contribution in [0.25, 0.3) is 0 Å². The first kappa shape index (κ1) is 20.4. The van der Waals surface area contributed by atoms with E-state index < -0.39 is 0 Å². The normalized spacial score (nSPS) is 13.7. The van der Waals surface area contributed by atoms with Crippen molar-refractivity contribution in [3.63, 3.8) is 0 Å². The minimum absolute atomic E-state index is 0.158. The second-order valence-electron chi connectivity index (χ2n) is 7.19. The number of rotatable bonds is 5. The molecular weight excluding hydrogens is 368 g/mol. The van der Waals surface area contributed by atoms with Gasteiger partial charge in [-0.1, -0.05) is 12.1 Å². The van der Waals surface area contributed by atoms with Crippen LogP contribution in [0.2, 0.25) is 0 Å². The summed E-state index contributed by atoms with van der Waals surface area (Å²) in [5, 5.41) is 5.39. The fourth-order valence-corrected chi connectivity index (χ4v) is 3.33. The van der Waals surface area contributed by atoms with Crippen LogP contribution < -0.4 is 15.5 Å². The smallest absolute Gasteiger partial charge is 0.233 e. The van der Waals surface area contributed by atoms with Gasteiger partial charge >= 0.3 is 0 Å². The molecule has 1 heterocycles. The Balaban J connectivity index is 1.46. The summed E-state index contributed by atoms with van der Waals surface area (Å²) in [6.45, 7) is 6.21. The van der Waals surface area contributed by atoms with Crippen molar-refractivity contribution < 1.29 is 14.4 Å². The van der Waals surface area contributed by atoms with E-state index in [1.165, 1.54) is 12.5 Å². The van der Waals surface area contributed by atoms with E-state index in [0.29, 0.717) is 24.5 Å². The Morgan fingerprint density at radius 1 is 0.897 bits per heavy atom. The summed E-state index contributed by atoms with van der Waals surface area (Å²) in [4.78, 5) is 39.7. The minimum atomic E-state index is -0.344. The molecule has 0 bridgehead atoms. The van der Waals surface area contributed by atoms with E-state index in [0.717, 1.165) is 18.8 Å². The molecule has 29 heavy (non-hydrogen) atoms. The van der Waals surface area contributed by atoms with Crippen molar-refractivity contribution in [2.45, 2.75) is 20.3 Å². The molecule has 7 heteroatoms. The van der Waals surface area contributed by atoms with E-state index in [1.54, 1.807) is 29.2 Å². The zero-order valence-corrected chi connectivity index (χ0v) is 16.8. The summed E-state index contributed by atoms with van der Waals surface area (Å²) in [6, 6.07) is 15.1. The van der Waals surface area contributed by atoms with Crippen LogP contribution in [0.4, 0.5) is 17.1 Å². The Kier molecular flexibility index (Phi) is 6.49. The third-order valence-corrected chi connectivity index (χ3v) is 4.80. The largest absolute Gasteiger partial charge is 0.368 e. The van der Waals surface area contributed by atoms with Gasteiger partial charge in [0, 0.05) is 50.2 Å². The van der Waals surface area contributed by atoms with Crippen LogP contribution in [0.3, 0.4) is 0 Å². The predicted octanol–water partition coefficient (Wildman–Crippen LogP) is 2.63. The molecular formula is C22H26N4O3. The number of piperazine rings is 1. The number of carbonyl (C=O) groups is 3. The van der Waals surface area contributed by atoms with Crippen molar-refractivity contribution in [3.8, 4) is 0 Å². The number of hydrogen-bond donors (Lipinski definition) is 2. The number of hydrogen-bond acceptors (Lipinski definition) is 4. The molecule has 7 nitrogen and oxygen atoms in total. The maximum Gasteiger partial charge on any atom is 0.233 e. The Hall–Kier alpha value is -3.35. The van der Waals surface area contributed by atoms with Crippen LogP contribution in [0.15, 0.2) is 48.5 Å². The van der Waals surface area contributed by atoms with Crippen LogP contribution in [-0.4, -0.2) is 48.8 Å². The molecule has 0 spiro atoms. The Bertz CT molecular complexity index is 887. The molecule has 2 aromatic rings. The molecule has 0 atom stereocenters. The molecule has 1 fully saturated rings. The number of amides is 3. The lowest BCUT2D eigenvalue weighted by molar-refractivity contribution is -0.134. The average molecular weight is 394 g/mol. The first-order chi connectivity index (χ1) is 13.9. The minimum Gasteiger partial charge on any atom is -0.368 e. The monoisotopic (exact) mass is 394 g/mol. The Morgan fingerprint density at radius 2 is 1.52 bits per heavy atom. The third-order valence-electron chi connectivity index (χ3n) is 4.80. The van der Waals surface area contributed by atoms with Crippen LogP contribution in [0.5, 0.6) is 0 Å². The molecule has 2 aromatic carbocycles. The highest BCUT2D eigenvalue weighted by Crippen LogP contribution is 2.18. The van der Waals surface area contributed by atoms with Gasteiger partial charge in [-0.25, -0.2) is 0 Å². The summed E-state index contributed by atoms with van der Waals surface area (Å²) in [5.41, 5.74) is 3.61. The van der Waals surface area contributed by atoms with Gasteiger partial charge in [0.1, 0.15) is 6.42 Å². The van der Waals surface area contributed by atoms with Gasteiger partial charge in [-0.15, -0.1) is 0 Å². The topological polar surface area (TPSA) is 81.8 Å². The molecule has 1 aliphatic rings. The quantitative estimate of drug-likeness (QED) is 0.764. The molecule has 0 aromatic heterocycles. The zero-order chi connectivity index (χ0) is 20.8. The van der Waals surface area contributed by atoms with E-state index in [4.69, 9.17) is 0 Å². The van der Waals surface area contributed by atoms with E-state index in [2.05, 4.69) is 40.7 Å². The van der Waals surface area contributed by atoms with Gasteiger partial charge < -0.3 is 20.4 Å². The molecule has 3 amide bonds. The summed E-state index contributed by atoms with van der Waals surface area (Å²) in [5.74, 6) is -0.667. The first-order valence-electron chi connectivity index (χ1n) is 9.67. The molecule has 152 valence electrons. The molecule has 2 N–H and O–H groups in total. The van der Waals surface area contributed by atoms with Crippen LogP contribution in [-0.2, 0) is 14.4 Å². The third kappa shape index (κ3) is 5.81. The van der Waals surface area contributed by atoms with Crippen molar-refractivity contribution in [1.82, 2.24) is 4.90 Å². The average Bonchev–Trinajstić information content (AvgIpc) is 2.69. The van der Waals surface area contributed by atoms with Gasteiger partial charge in [-0.2, -0.15) is 0 Å². The van der Waals surface area contributed by atoms with Gasteiger partial charge in [0.25, 0.3) is 0 Å². The standard InChI is InChI=1S/C22H26N4O3/c1-16-4-3-5-20(14-16)25-10-12-26(13-11-25)22(29)15-21(28)24-19-8-6-18(7-9-19)23-17(2)27/h3-9,14H,10-13,15H2,1-2H3,(H,23,27)(H,24,28). The van der Waals surface area contributed by atoms with Gasteiger partial charge in [-0.3, -0.25) is 14.4 Å². The number of nitrogens with one attached hydrogen (secondary N) is 2. The van der Waals surface area contributed by atoms with E-state index >= 15 is 0 Å². The molecule has 1 saturated heterocycles. The highest BCUT2D eigenvalue weighted by molar-refractivity contribution is 6.03. The number of nitrogens with zero attached hydrogens (tertiary/aromatic N) is 2. The Labute approximate surface area is 170 Å². The second kappa shape index (κ2) is 9.23. The number of anilines is 3. The first-order valence-corrected chi connectivity index (χ1v) is 9.67. The number of aryl methyl sites for hydroxylation is 1. The SMILES string of the molecule is CC(=O)Nc1ccc(NC(=O)CC(=O)N2CCN(c3cccc(C)c3)CC2)cc1. The van der Waals surface area contributed by atoms with Gasteiger partial charge in [0.05, 0.1) is 0 Å². The number of benzene rings is 2.